The van der Waals surface area contributed by atoms with Crippen LogP contribution in [0.1, 0.15) is 30.5 Å². The highest BCUT2D eigenvalue weighted by Crippen LogP contribution is 2.20. The van der Waals surface area contributed by atoms with Gasteiger partial charge in [0.25, 0.3) is 0 Å². The van der Waals surface area contributed by atoms with E-state index in [0.717, 1.165) is 44.3 Å². The summed E-state index contributed by atoms with van der Waals surface area (Å²) in [6.45, 7) is 10.1. The third-order valence-electron chi connectivity index (χ3n) is 5.26. The number of rotatable bonds is 6. The molecule has 5 nitrogen and oxygen atoms in total. The summed E-state index contributed by atoms with van der Waals surface area (Å²) in [5.41, 5.74) is 1.20. The van der Waals surface area contributed by atoms with E-state index in [9.17, 15) is 4.79 Å². The Morgan fingerprint density at radius 3 is 2.78 bits per heavy atom. The summed E-state index contributed by atoms with van der Waals surface area (Å²) in [7, 11) is 0. The third-order valence-corrected chi connectivity index (χ3v) is 6.08. The van der Waals surface area contributed by atoms with Gasteiger partial charge in [-0.3, -0.25) is 9.69 Å². The molecule has 23 heavy (non-hydrogen) atoms. The zero-order valence-corrected chi connectivity index (χ0v) is 15.0. The number of carbonyl (C=O) groups excluding carboxylic acids is 1. The van der Waals surface area contributed by atoms with Gasteiger partial charge in [-0.25, -0.2) is 4.98 Å². The molecule has 0 aliphatic carbocycles. The van der Waals surface area contributed by atoms with Crippen LogP contribution in [-0.4, -0.2) is 48.5 Å². The van der Waals surface area contributed by atoms with Crippen molar-refractivity contribution < 1.29 is 4.79 Å². The second-order valence-corrected chi connectivity index (χ2v) is 8.09. The molecule has 128 valence electrons. The topological polar surface area (TPSA) is 57.3 Å². The Hall–Kier alpha value is -0.980. The van der Waals surface area contributed by atoms with E-state index in [4.69, 9.17) is 0 Å². The predicted octanol–water partition coefficient (Wildman–Crippen LogP) is 1.64. The summed E-state index contributed by atoms with van der Waals surface area (Å²) in [4.78, 5) is 19.2. The maximum absolute atomic E-state index is 12.2. The minimum Gasteiger partial charge on any atom is -0.356 e. The number of nitrogens with one attached hydrogen (secondary N) is 2. The van der Waals surface area contributed by atoms with Crippen LogP contribution in [0.2, 0.25) is 0 Å². The molecule has 1 aromatic rings. The highest BCUT2D eigenvalue weighted by atomic mass is 32.1. The first-order chi connectivity index (χ1) is 11.1. The number of carbonyl (C=O) groups is 1. The van der Waals surface area contributed by atoms with Crippen LogP contribution >= 0.6 is 11.3 Å². The van der Waals surface area contributed by atoms with E-state index < -0.39 is 0 Å². The smallest absolute Gasteiger partial charge is 0.223 e. The maximum Gasteiger partial charge on any atom is 0.223 e. The summed E-state index contributed by atoms with van der Waals surface area (Å²) in [6, 6.07) is 0. The SMILES string of the molecule is Cc1nc(CN2CCC(CNC(=O)C(C)C3CNC3)CC2)cs1. The van der Waals surface area contributed by atoms with E-state index in [0.29, 0.717) is 11.8 Å². The van der Waals surface area contributed by atoms with Crippen molar-refractivity contribution in [1.82, 2.24) is 20.5 Å². The lowest BCUT2D eigenvalue weighted by Crippen LogP contribution is -2.50. The molecule has 2 N–H and O–H groups in total. The number of hydrogen-bond donors (Lipinski definition) is 2. The molecule has 1 aromatic heterocycles. The van der Waals surface area contributed by atoms with E-state index in [1.54, 1.807) is 11.3 Å². The van der Waals surface area contributed by atoms with E-state index >= 15 is 0 Å². The van der Waals surface area contributed by atoms with E-state index in [1.165, 1.54) is 18.5 Å². The number of aryl methyl sites for hydroxylation is 1. The summed E-state index contributed by atoms with van der Waals surface area (Å²) in [6.07, 6.45) is 2.34. The van der Waals surface area contributed by atoms with Gasteiger partial charge in [-0.15, -0.1) is 11.3 Å². The Kier molecular flexibility index (Phi) is 5.67. The number of amides is 1. The summed E-state index contributed by atoms with van der Waals surface area (Å²) < 4.78 is 0. The summed E-state index contributed by atoms with van der Waals surface area (Å²) in [5.74, 6) is 1.53. The van der Waals surface area contributed by atoms with Gasteiger partial charge >= 0.3 is 0 Å². The monoisotopic (exact) mass is 336 g/mol. The van der Waals surface area contributed by atoms with E-state index in [-0.39, 0.29) is 11.8 Å². The lowest BCUT2D eigenvalue weighted by atomic mass is 9.88. The third kappa shape index (κ3) is 4.52. The Morgan fingerprint density at radius 1 is 1.48 bits per heavy atom. The minimum atomic E-state index is 0.143. The van der Waals surface area contributed by atoms with Gasteiger partial charge in [-0.2, -0.15) is 0 Å². The van der Waals surface area contributed by atoms with Crippen molar-refractivity contribution in [3.05, 3.63) is 16.1 Å². The minimum absolute atomic E-state index is 0.143. The molecule has 1 atom stereocenters. The van der Waals surface area contributed by atoms with Crippen molar-refractivity contribution >= 4 is 17.2 Å². The fourth-order valence-corrected chi connectivity index (χ4v) is 3.95. The quantitative estimate of drug-likeness (QED) is 0.829. The van der Waals surface area contributed by atoms with Crippen LogP contribution in [0.5, 0.6) is 0 Å². The second kappa shape index (κ2) is 7.73. The molecule has 2 aliphatic rings. The fraction of sp³-hybridized carbons (Fsp3) is 0.765. The molecule has 0 aromatic carbocycles. The zero-order chi connectivity index (χ0) is 16.2. The number of piperidine rings is 1. The fourth-order valence-electron chi connectivity index (χ4n) is 3.34. The van der Waals surface area contributed by atoms with Crippen molar-refractivity contribution in [2.45, 2.75) is 33.2 Å². The molecule has 3 rings (SSSR count). The molecule has 0 radical (unpaired) electrons. The van der Waals surface area contributed by atoms with Crippen molar-refractivity contribution in [1.29, 1.82) is 0 Å². The number of likely N-dealkylation sites (tertiary alicyclic amines) is 1. The van der Waals surface area contributed by atoms with Gasteiger partial charge in [0, 0.05) is 24.4 Å². The van der Waals surface area contributed by atoms with E-state index in [1.807, 2.05) is 0 Å². The van der Waals surface area contributed by atoms with Gasteiger partial charge in [-0.05, 0) is 57.8 Å². The van der Waals surface area contributed by atoms with Crippen molar-refractivity contribution in [3.63, 3.8) is 0 Å². The average molecular weight is 337 g/mol. The number of aromatic nitrogens is 1. The number of thiazole rings is 1. The largest absolute Gasteiger partial charge is 0.356 e. The molecule has 2 aliphatic heterocycles. The molecule has 0 bridgehead atoms. The number of nitrogens with zero attached hydrogens (tertiary/aromatic N) is 2. The first kappa shape index (κ1) is 16.9. The first-order valence-corrected chi connectivity index (χ1v) is 9.61. The molecule has 3 heterocycles. The zero-order valence-electron chi connectivity index (χ0n) is 14.2. The average Bonchev–Trinajstić information content (AvgIpc) is 2.89. The van der Waals surface area contributed by atoms with Crippen LogP contribution in [-0.2, 0) is 11.3 Å². The van der Waals surface area contributed by atoms with Crippen LogP contribution in [0, 0.1) is 24.7 Å². The van der Waals surface area contributed by atoms with Crippen LogP contribution in [0.3, 0.4) is 0 Å². The lowest BCUT2D eigenvalue weighted by Gasteiger charge is -2.33. The van der Waals surface area contributed by atoms with Crippen molar-refractivity contribution in [2.24, 2.45) is 17.8 Å². The van der Waals surface area contributed by atoms with Gasteiger partial charge in [0.15, 0.2) is 0 Å². The lowest BCUT2D eigenvalue weighted by molar-refractivity contribution is -0.126. The second-order valence-electron chi connectivity index (χ2n) is 7.03. The van der Waals surface area contributed by atoms with E-state index in [2.05, 4.69) is 39.7 Å². The first-order valence-electron chi connectivity index (χ1n) is 8.73. The van der Waals surface area contributed by atoms with Gasteiger partial charge in [0.1, 0.15) is 0 Å². The summed E-state index contributed by atoms with van der Waals surface area (Å²) in [5, 5.41) is 9.72. The standard InChI is InChI=1S/C17H28N4OS/c1-12(15-8-18-9-15)17(22)19-7-14-3-5-21(6-4-14)10-16-11-23-13(2)20-16/h11-12,14-15,18H,3-10H2,1-2H3,(H,19,22). The van der Waals surface area contributed by atoms with Crippen LogP contribution in [0.15, 0.2) is 5.38 Å². The molecule has 0 saturated carbocycles. The van der Waals surface area contributed by atoms with Crippen LogP contribution in [0.25, 0.3) is 0 Å². The molecule has 6 heteroatoms. The highest BCUT2D eigenvalue weighted by molar-refractivity contribution is 7.09. The number of hydrogen-bond acceptors (Lipinski definition) is 5. The Balaban J connectivity index is 1.35. The molecule has 2 saturated heterocycles. The maximum atomic E-state index is 12.2. The Bertz CT molecular complexity index is 520. The molecular weight excluding hydrogens is 308 g/mol. The van der Waals surface area contributed by atoms with Crippen molar-refractivity contribution in [3.8, 4) is 0 Å². The molecular formula is C17H28N4OS. The molecule has 1 amide bonds. The Morgan fingerprint density at radius 2 is 2.22 bits per heavy atom. The molecule has 0 spiro atoms. The van der Waals surface area contributed by atoms with Crippen LogP contribution in [0.4, 0.5) is 0 Å². The summed E-state index contributed by atoms with van der Waals surface area (Å²) >= 11 is 1.73. The van der Waals surface area contributed by atoms with Gasteiger partial charge in [-0.1, -0.05) is 6.92 Å². The molecule has 2 fully saturated rings. The highest BCUT2D eigenvalue weighted by Gasteiger charge is 2.29. The van der Waals surface area contributed by atoms with Crippen molar-refractivity contribution in [2.75, 3.05) is 32.7 Å². The normalized spacial score (nSPS) is 21.8. The Labute approximate surface area is 142 Å². The van der Waals surface area contributed by atoms with Crippen LogP contribution < -0.4 is 10.6 Å². The molecule has 1 unspecified atom stereocenters. The van der Waals surface area contributed by atoms with Gasteiger partial charge in [0.2, 0.25) is 5.91 Å². The van der Waals surface area contributed by atoms with Gasteiger partial charge in [0.05, 0.1) is 10.7 Å². The predicted molar refractivity (Wildman–Crippen MR) is 93.4 cm³/mol. The van der Waals surface area contributed by atoms with Gasteiger partial charge < -0.3 is 10.6 Å².